The first kappa shape index (κ1) is 14.9. The molecule has 106 valence electrons. The molecule has 4 heteroatoms. The zero-order valence-electron chi connectivity index (χ0n) is 11.8. The van der Waals surface area contributed by atoms with Crippen LogP contribution in [0.3, 0.4) is 0 Å². The maximum atomic E-state index is 6.36. The Hall–Kier alpha value is -1.52. The predicted octanol–water partition coefficient (Wildman–Crippen LogP) is 3.82. The van der Waals surface area contributed by atoms with Gasteiger partial charge in [-0.2, -0.15) is 0 Å². The molecule has 2 N–H and O–H groups in total. The Balaban J connectivity index is 2.46. The van der Waals surface area contributed by atoms with Crippen molar-refractivity contribution in [3.63, 3.8) is 0 Å². The lowest BCUT2D eigenvalue weighted by Crippen LogP contribution is -2.13. The van der Waals surface area contributed by atoms with Gasteiger partial charge < -0.3 is 15.2 Å². The lowest BCUT2D eigenvalue weighted by Gasteiger charge is -2.19. The molecule has 2 aromatic rings. The van der Waals surface area contributed by atoms with E-state index in [0.29, 0.717) is 5.75 Å². The van der Waals surface area contributed by atoms with E-state index < -0.39 is 0 Å². The number of aryl methyl sites for hydroxylation is 1. The van der Waals surface area contributed by atoms with E-state index in [4.69, 9.17) is 15.2 Å². The van der Waals surface area contributed by atoms with E-state index in [0.717, 1.165) is 21.3 Å². The van der Waals surface area contributed by atoms with E-state index in [-0.39, 0.29) is 6.04 Å². The first-order valence-corrected chi connectivity index (χ1v) is 7.10. The summed E-state index contributed by atoms with van der Waals surface area (Å²) in [7, 11) is 3.25. The first-order valence-electron chi connectivity index (χ1n) is 6.31. The summed E-state index contributed by atoms with van der Waals surface area (Å²) in [6, 6.07) is 11.8. The van der Waals surface area contributed by atoms with Crippen LogP contribution in [0.15, 0.2) is 40.9 Å². The molecule has 2 aromatic carbocycles. The molecule has 0 amide bonds. The molecule has 2 rings (SSSR count). The Labute approximate surface area is 127 Å². The molecular weight excluding hydrogens is 318 g/mol. The average molecular weight is 336 g/mol. The lowest BCUT2D eigenvalue weighted by molar-refractivity contribution is 0.385. The highest BCUT2D eigenvalue weighted by Gasteiger charge is 2.18. The molecule has 1 atom stereocenters. The molecule has 0 saturated heterocycles. The van der Waals surface area contributed by atoms with Crippen LogP contribution >= 0.6 is 15.9 Å². The van der Waals surface area contributed by atoms with Crippen molar-refractivity contribution >= 4 is 15.9 Å². The van der Waals surface area contributed by atoms with Gasteiger partial charge >= 0.3 is 0 Å². The fraction of sp³-hybridized carbons (Fsp3) is 0.250. The Kier molecular flexibility index (Phi) is 4.68. The molecule has 0 saturated carbocycles. The largest absolute Gasteiger partial charge is 0.495 e. The molecule has 0 spiro atoms. The van der Waals surface area contributed by atoms with Gasteiger partial charge in [-0.25, -0.2) is 0 Å². The van der Waals surface area contributed by atoms with Gasteiger partial charge in [0.05, 0.1) is 20.3 Å². The second-order valence-electron chi connectivity index (χ2n) is 4.59. The van der Waals surface area contributed by atoms with Gasteiger partial charge in [-0.15, -0.1) is 0 Å². The van der Waals surface area contributed by atoms with E-state index in [2.05, 4.69) is 35.0 Å². The molecule has 0 bridgehead atoms. The molecule has 0 aliphatic rings. The molecule has 0 fully saturated rings. The molecule has 0 heterocycles. The number of rotatable bonds is 4. The molecular formula is C16H18BrNO2. The van der Waals surface area contributed by atoms with Crippen LogP contribution in [0, 0.1) is 6.92 Å². The Bertz CT molecular complexity index is 596. The van der Waals surface area contributed by atoms with Crippen LogP contribution in [0.5, 0.6) is 11.5 Å². The maximum absolute atomic E-state index is 6.36. The molecule has 0 radical (unpaired) electrons. The number of benzene rings is 2. The smallest absolute Gasteiger partial charge is 0.141 e. The number of halogens is 1. The van der Waals surface area contributed by atoms with Gasteiger partial charge in [-0.1, -0.05) is 29.8 Å². The fourth-order valence-electron chi connectivity index (χ4n) is 2.12. The van der Waals surface area contributed by atoms with Crippen LogP contribution in [0.1, 0.15) is 22.7 Å². The number of hydrogen-bond acceptors (Lipinski definition) is 3. The summed E-state index contributed by atoms with van der Waals surface area (Å²) in [5.74, 6) is 1.43. The van der Waals surface area contributed by atoms with Crippen molar-refractivity contribution < 1.29 is 9.47 Å². The van der Waals surface area contributed by atoms with Crippen LogP contribution in [-0.4, -0.2) is 14.2 Å². The number of hydrogen-bond donors (Lipinski definition) is 1. The first-order chi connectivity index (χ1) is 9.58. The van der Waals surface area contributed by atoms with Gasteiger partial charge in [-0.3, -0.25) is 0 Å². The quantitative estimate of drug-likeness (QED) is 0.923. The summed E-state index contributed by atoms with van der Waals surface area (Å²) >= 11 is 3.50. The fourth-order valence-corrected chi connectivity index (χ4v) is 2.80. The van der Waals surface area contributed by atoms with Crippen molar-refractivity contribution in [1.82, 2.24) is 0 Å². The highest BCUT2D eigenvalue weighted by molar-refractivity contribution is 9.10. The van der Waals surface area contributed by atoms with E-state index in [1.54, 1.807) is 14.2 Å². The van der Waals surface area contributed by atoms with E-state index in [1.165, 1.54) is 5.56 Å². The normalized spacial score (nSPS) is 12.1. The highest BCUT2D eigenvalue weighted by atomic mass is 79.9. The minimum atomic E-state index is -0.243. The van der Waals surface area contributed by atoms with Crippen molar-refractivity contribution in [1.29, 1.82) is 0 Å². The van der Waals surface area contributed by atoms with Crippen LogP contribution < -0.4 is 15.2 Å². The maximum Gasteiger partial charge on any atom is 0.141 e. The van der Waals surface area contributed by atoms with E-state index >= 15 is 0 Å². The minimum Gasteiger partial charge on any atom is -0.495 e. The minimum absolute atomic E-state index is 0.243. The van der Waals surface area contributed by atoms with Crippen molar-refractivity contribution in [3.8, 4) is 11.5 Å². The zero-order valence-corrected chi connectivity index (χ0v) is 13.4. The average Bonchev–Trinajstić information content (AvgIpc) is 2.47. The van der Waals surface area contributed by atoms with Crippen LogP contribution in [0.25, 0.3) is 0 Å². The van der Waals surface area contributed by atoms with Gasteiger partial charge in [0.2, 0.25) is 0 Å². The van der Waals surface area contributed by atoms with Gasteiger partial charge in [0.1, 0.15) is 16.0 Å². The Morgan fingerprint density at radius 2 is 1.65 bits per heavy atom. The molecule has 20 heavy (non-hydrogen) atoms. The third kappa shape index (κ3) is 2.81. The van der Waals surface area contributed by atoms with Gasteiger partial charge in [0.15, 0.2) is 0 Å². The van der Waals surface area contributed by atoms with Crippen molar-refractivity contribution in [2.24, 2.45) is 5.73 Å². The number of ether oxygens (including phenoxy) is 2. The monoisotopic (exact) mass is 335 g/mol. The van der Waals surface area contributed by atoms with Crippen molar-refractivity contribution in [2.45, 2.75) is 13.0 Å². The SMILES string of the molecule is COc1ccc(C(N)c2ccc(C)cc2)c(OC)c1Br. The summed E-state index contributed by atoms with van der Waals surface area (Å²) in [4.78, 5) is 0. The molecule has 0 aliphatic carbocycles. The van der Waals surface area contributed by atoms with Gasteiger partial charge in [-0.05, 0) is 40.5 Å². The Morgan fingerprint density at radius 3 is 2.20 bits per heavy atom. The van der Waals surface area contributed by atoms with Crippen LogP contribution in [0.2, 0.25) is 0 Å². The standard InChI is InChI=1S/C16H18BrNO2/c1-10-4-6-11(7-5-10)15(18)12-8-9-13(19-2)14(17)16(12)20-3/h4-9,15H,18H2,1-3H3. The number of methoxy groups -OCH3 is 2. The summed E-state index contributed by atoms with van der Waals surface area (Å²) < 4.78 is 11.5. The summed E-state index contributed by atoms with van der Waals surface area (Å²) in [6.45, 7) is 2.06. The van der Waals surface area contributed by atoms with Crippen molar-refractivity contribution in [3.05, 3.63) is 57.6 Å². The summed E-state index contributed by atoms with van der Waals surface area (Å²) in [5, 5.41) is 0. The highest BCUT2D eigenvalue weighted by Crippen LogP contribution is 2.40. The second-order valence-corrected chi connectivity index (χ2v) is 5.39. The lowest BCUT2D eigenvalue weighted by atomic mass is 9.98. The predicted molar refractivity (Wildman–Crippen MR) is 84.5 cm³/mol. The number of nitrogens with two attached hydrogens (primary N) is 1. The topological polar surface area (TPSA) is 44.5 Å². The molecule has 0 aliphatic heterocycles. The zero-order chi connectivity index (χ0) is 14.7. The second kappa shape index (κ2) is 6.29. The van der Waals surface area contributed by atoms with E-state index in [1.807, 2.05) is 24.3 Å². The van der Waals surface area contributed by atoms with Crippen LogP contribution in [-0.2, 0) is 0 Å². The Morgan fingerprint density at radius 1 is 1.00 bits per heavy atom. The van der Waals surface area contributed by atoms with E-state index in [9.17, 15) is 0 Å². The van der Waals surface area contributed by atoms with Crippen LogP contribution in [0.4, 0.5) is 0 Å². The third-order valence-electron chi connectivity index (χ3n) is 3.29. The summed E-state index contributed by atoms with van der Waals surface area (Å²) in [5.41, 5.74) is 9.54. The van der Waals surface area contributed by atoms with Gasteiger partial charge in [0, 0.05) is 5.56 Å². The molecule has 0 aromatic heterocycles. The molecule has 1 unspecified atom stereocenters. The summed E-state index contributed by atoms with van der Waals surface area (Å²) in [6.07, 6.45) is 0. The molecule has 3 nitrogen and oxygen atoms in total. The van der Waals surface area contributed by atoms with Crippen molar-refractivity contribution in [2.75, 3.05) is 14.2 Å². The van der Waals surface area contributed by atoms with Gasteiger partial charge in [0.25, 0.3) is 0 Å². The third-order valence-corrected chi connectivity index (χ3v) is 4.04.